The minimum Gasteiger partial charge on any atom is -0.463 e. The molecule has 1 heterocycles. The molecule has 0 bridgehead atoms. The highest BCUT2D eigenvalue weighted by atomic mass is 16.5. The number of carbonyl (C=O) groups is 1. The lowest BCUT2D eigenvalue weighted by molar-refractivity contribution is 0.0586. The predicted octanol–water partition coefficient (Wildman–Crippen LogP) is 1.50. The molecular formula is C11H17N3O2. The fourth-order valence-electron chi connectivity index (χ4n) is 1.33. The van der Waals surface area contributed by atoms with Crippen LogP contribution in [0.5, 0.6) is 0 Å². The molecule has 0 aliphatic carbocycles. The number of methoxy groups -OCH3 is 1. The van der Waals surface area contributed by atoms with Gasteiger partial charge in [-0.2, -0.15) is 0 Å². The highest BCUT2D eigenvalue weighted by Crippen LogP contribution is 2.11. The average molecular weight is 223 g/mol. The summed E-state index contributed by atoms with van der Waals surface area (Å²) in [5.74, 6) is 0.697. The Balaban J connectivity index is 3.05. The van der Waals surface area contributed by atoms with Crippen molar-refractivity contribution in [2.24, 2.45) is 5.92 Å². The second-order valence-corrected chi connectivity index (χ2v) is 3.91. The van der Waals surface area contributed by atoms with Gasteiger partial charge >= 0.3 is 5.97 Å². The van der Waals surface area contributed by atoms with Crippen LogP contribution in [0.1, 0.15) is 30.2 Å². The minimum absolute atomic E-state index is 0.102. The van der Waals surface area contributed by atoms with Gasteiger partial charge in [-0.1, -0.05) is 13.8 Å². The molecule has 0 saturated carbocycles. The maximum absolute atomic E-state index is 11.3. The molecule has 0 saturated heterocycles. The number of nitrogens with one attached hydrogen (secondary N) is 1. The molecule has 1 aromatic heterocycles. The Morgan fingerprint density at radius 1 is 1.50 bits per heavy atom. The Hall–Kier alpha value is -1.65. The summed E-state index contributed by atoms with van der Waals surface area (Å²) in [5, 5.41) is 2.90. The monoisotopic (exact) mass is 223 g/mol. The summed E-state index contributed by atoms with van der Waals surface area (Å²) in [5.41, 5.74) is 0.842. The van der Waals surface area contributed by atoms with E-state index in [2.05, 4.69) is 33.9 Å². The third kappa shape index (κ3) is 3.18. The van der Waals surface area contributed by atoms with Crippen LogP contribution in [0.4, 0.5) is 5.82 Å². The number of nitrogens with zero attached hydrogens (tertiary/aromatic N) is 2. The quantitative estimate of drug-likeness (QED) is 0.784. The minimum atomic E-state index is -0.512. The topological polar surface area (TPSA) is 64.1 Å². The van der Waals surface area contributed by atoms with Gasteiger partial charge in [0.2, 0.25) is 5.82 Å². The zero-order valence-electron chi connectivity index (χ0n) is 10.1. The summed E-state index contributed by atoms with van der Waals surface area (Å²) in [6.45, 7) is 4.19. The van der Waals surface area contributed by atoms with Gasteiger partial charge in [0.25, 0.3) is 0 Å². The highest BCUT2D eigenvalue weighted by molar-refractivity contribution is 5.85. The van der Waals surface area contributed by atoms with Crippen LogP contribution in [0.2, 0.25) is 0 Å². The van der Waals surface area contributed by atoms with Gasteiger partial charge in [0, 0.05) is 18.8 Å². The van der Waals surface area contributed by atoms with E-state index < -0.39 is 5.97 Å². The number of carbonyl (C=O) groups excluding carboxylic acids is 1. The largest absolute Gasteiger partial charge is 0.463 e. The molecule has 1 rings (SSSR count). The van der Waals surface area contributed by atoms with Gasteiger partial charge in [-0.3, -0.25) is 0 Å². The zero-order chi connectivity index (χ0) is 12.1. The first-order valence-electron chi connectivity index (χ1n) is 5.20. The fourth-order valence-corrected chi connectivity index (χ4v) is 1.33. The molecule has 0 fully saturated rings. The van der Waals surface area contributed by atoms with Gasteiger partial charge in [-0.05, 0) is 12.3 Å². The van der Waals surface area contributed by atoms with Gasteiger partial charge in [-0.15, -0.1) is 0 Å². The summed E-state index contributed by atoms with van der Waals surface area (Å²) in [6.07, 6.45) is 0.807. The van der Waals surface area contributed by atoms with Crippen LogP contribution >= 0.6 is 0 Å². The maximum atomic E-state index is 11.3. The molecule has 1 N–H and O–H groups in total. The Kier molecular flexibility index (Phi) is 4.22. The molecule has 16 heavy (non-hydrogen) atoms. The first-order chi connectivity index (χ1) is 7.56. The number of hydrogen-bond donors (Lipinski definition) is 1. The molecule has 0 aliphatic heterocycles. The Bertz CT molecular complexity index is 377. The van der Waals surface area contributed by atoms with Crippen LogP contribution in [0.3, 0.4) is 0 Å². The second-order valence-electron chi connectivity index (χ2n) is 3.91. The van der Waals surface area contributed by atoms with Crippen LogP contribution in [-0.2, 0) is 11.2 Å². The molecule has 5 heteroatoms. The van der Waals surface area contributed by atoms with Crippen molar-refractivity contribution in [3.05, 3.63) is 17.6 Å². The van der Waals surface area contributed by atoms with Gasteiger partial charge in [-0.25, -0.2) is 14.8 Å². The molecule has 1 aromatic rings. The van der Waals surface area contributed by atoms with E-state index in [0.29, 0.717) is 11.7 Å². The summed E-state index contributed by atoms with van der Waals surface area (Å²) in [6, 6.07) is 1.84. The Morgan fingerprint density at radius 3 is 2.69 bits per heavy atom. The van der Waals surface area contributed by atoms with Gasteiger partial charge in [0.05, 0.1) is 7.11 Å². The van der Waals surface area contributed by atoms with E-state index in [1.807, 2.05) is 6.07 Å². The normalized spacial score (nSPS) is 10.3. The molecular weight excluding hydrogens is 206 g/mol. The first kappa shape index (κ1) is 12.4. The Morgan fingerprint density at radius 2 is 2.19 bits per heavy atom. The molecule has 0 spiro atoms. The third-order valence-corrected chi connectivity index (χ3v) is 2.02. The summed E-state index contributed by atoms with van der Waals surface area (Å²) < 4.78 is 4.60. The van der Waals surface area contributed by atoms with E-state index in [1.165, 1.54) is 7.11 Å². The molecule has 0 radical (unpaired) electrons. The summed E-state index contributed by atoms with van der Waals surface area (Å²) >= 11 is 0. The van der Waals surface area contributed by atoms with Crippen LogP contribution < -0.4 is 5.32 Å². The van der Waals surface area contributed by atoms with Crippen molar-refractivity contribution in [1.82, 2.24) is 9.97 Å². The Labute approximate surface area is 95.3 Å². The zero-order valence-corrected chi connectivity index (χ0v) is 10.1. The predicted molar refractivity (Wildman–Crippen MR) is 61.5 cm³/mol. The van der Waals surface area contributed by atoms with Gasteiger partial charge in [0.1, 0.15) is 5.82 Å². The van der Waals surface area contributed by atoms with Crippen LogP contribution in [0.25, 0.3) is 0 Å². The SMILES string of the molecule is CNc1cc(CC(C)C)nc(C(=O)OC)n1. The molecule has 0 atom stereocenters. The maximum Gasteiger partial charge on any atom is 0.376 e. The number of ether oxygens (including phenoxy) is 1. The fraction of sp³-hybridized carbons (Fsp3) is 0.545. The summed E-state index contributed by atoms with van der Waals surface area (Å²) in [7, 11) is 3.07. The van der Waals surface area contributed by atoms with Crippen molar-refractivity contribution in [2.75, 3.05) is 19.5 Å². The average Bonchev–Trinajstić information content (AvgIpc) is 2.26. The van der Waals surface area contributed by atoms with Crippen molar-refractivity contribution in [3.63, 3.8) is 0 Å². The molecule has 0 unspecified atom stereocenters. The van der Waals surface area contributed by atoms with Crippen molar-refractivity contribution in [2.45, 2.75) is 20.3 Å². The van der Waals surface area contributed by atoms with E-state index in [-0.39, 0.29) is 5.82 Å². The van der Waals surface area contributed by atoms with E-state index >= 15 is 0 Å². The number of aromatic nitrogens is 2. The summed E-state index contributed by atoms with van der Waals surface area (Å²) in [4.78, 5) is 19.5. The molecule has 0 aromatic carbocycles. The third-order valence-electron chi connectivity index (χ3n) is 2.02. The molecule has 0 amide bonds. The van der Waals surface area contributed by atoms with Crippen molar-refractivity contribution in [3.8, 4) is 0 Å². The molecule has 5 nitrogen and oxygen atoms in total. The number of hydrogen-bond acceptors (Lipinski definition) is 5. The van der Waals surface area contributed by atoms with Crippen LogP contribution in [-0.4, -0.2) is 30.1 Å². The lowest BCUT2D eigenvalue weighted by Gasteiger charge is -2.08. The first-order valence-corrected chi connectivity index (χ1v) is 5.20. The van der Waals surface area contributed by atoms with Gasteiger partial charge in [0.15, 0.2) is 0 Å². The van der Waals surface area contributed by atoms with Crippen LogP contribution in [0.15, 0.2) is 6.07 Å². The van der Waals surface area contributed by atoms with Crippen molar-refractivity contribution >= 4 is 11.8 Å². The second kappa shape index (κ2) is 5.44. The number of rotatable bonds is 4. The lowest BCUT2D eigenvalue weighted by atomic mass is 10.1. The van der Waals surface area contributed by atoms with E-state index in [9.17, 15) is 4.79 Å². The van der Waals surface area contributed by atoms with Crippen LogP contribution in [0, 0.1) is 5.92 Å². The van der Waals surface area contributed by atoms with Crippen molar-refractivity contribution in [1.29, 1.82) is 0 Å². The van der Waals surface area contributed by atoms with E-state index in [4.69, 9.17) is 0 Å². The standard InChI is InChI=1S/C11H17N3O2/c1-7(2)5-8-6-9(12-3)14-10(13-8)11(15)16-4/h6-7H,5H2,1-4H3,(H,12,13,14). The molecule has 0 aliphatic rings. The molecule has 88 valence electrons. The smallest absolute Gasteiger partial charge is 0.376 e. The van der Waals surface area contributed by atoms with E-state index in [0.717, 1.165) is 12.1 Å². The number of esters is 1. The van der Waals surface area contributed by atoms with Gasteiger partial charge < -0.3 is 10.1 Å². The van der Waals surface area contributed by atoms with E-state index in [1.54, 1.807) is 7.05 Å². The van der Waals surface area contributed by atoms with Crippen molar-refractivity contribution < 1.29 is 9.53 Å². The highest BCUT2D eigenvalue weighted by Gasteiger charge is 2.12. The lowest BCUT2D eigenvalue weighted by Crippen LogP contribution is -2.12. The number of anilines is 1.